The molecule has 0 spiro atoms. The van der Waals surface area contributed by atoms with E-state index in [0.717, 1.165) is 12.1 Å². The van der Waals surface area contributed by atoms with Crippen LogP contribution < -0.4 is 10.1 Å². The van der Waals surface area contributed by atoms with Gasteiger partial charge in [-0.25, -0.2) is 4.98 Å². The quantitative estimate of drug-likeness (QED) is 0.765. The van der Waals surface area contributed by atoms with E-state index in [1.807, 2.05) is 6.07 Å². The molecule has 1 heterocycles. The Morgan fingerprint density at radius 2 is 2.12 bits per heavy atom. The van der Waals surface area contributed by atoms with Crippen LogP contribution >= 0.6 is 0 Å². The van der Waals surface area contributed by atoms with Crippen LogP contribution in [0.4, 0.5) is 5.69 Å². The highest BCUT2D eigenvalue weighted by molar-refractivity contribution is 5.42. The molecule has 96 valence electrons. The van der Waals surface area contributed by atoms with Crippen LogP contribution in [-0.4, -0.2) is 29.3 Å². The summed E-state index contributed by atoms with van der Waals surface area (Å²) in [5.74, 6) is 1.22. The van der Waals surface area contributed by atoms with E-state index in [1.54, 1.807) is 12.3 Å². The first kappa shape index (κ1) is 13.8. The van der Waals surface area contributed by atoms with Crippen LogP contribution in [0.2, 0.25) is 0 Å². The standard InChI is InChI=1S/C13H22N2O2/c1-10(2)8-11(3)15-12-4-5-13(14-9-12)17-7-6-16/h4-5,9-11,15-16H,6-8H2,1-3H3. The van der Waals surface area contributed by atoms with Crippen molar-refractivity contribution in [3.63, 3.8) is 0 Å². The van der Waals surface area contributed by atoms with Crippen LogP contribution in [0.1, 0.15) is 27.2 Å². The third kappa shape index (κ3) is 5.54. The van der Waals surface area contributed by atoms with Gasteiger partial charge in [0.1, 0.15) is 6.61 Å². The minimum atomic E-state index is 0.00705. The highest BCUT2D eigenvalue weighted by Gasteiger charge is 2.05. The average Bonchev–Trinajstić information content (AvgIpc) is 2.27. The summed E-state index contributed by atoms with van der Waals surface area (Å²) < 4.78 is 5.19. The van der Waals surface area contributed by atoms with Gasteiger partial charge in [0.15, 0.2) is 0 Å². The number of nitrogens with one attached hydrogen (secondary N) is 1. The van der Waals surface area contributed by atoms with Crippen molar-refractivity contribution in [3.05, 3.63) is 18.3 Å². The number of ether oxygens (including phenoxy) is 1. The molecular weight excluding hydrogens is 216 g/mol. The van der Waals surface area contributed by atoms with Crippen molar-refractivity contribution < 1.29 is 9.84 Å². The SMILES string of the molecule is CC(C)CC(C)Nc1ccc(OCCO)nc1. The molecule has 0 aliphatic heterocycles. The zero-order valence-electron chi connectivity index (χ0n) is 10.8. The number of hydrogen-bond acceptors (Lipinski definition) is 4. The first-order chi connectivity index (χ1) is 8.11. The molecule has 17 heavy (non-hydrogen) atoms. The molecule has 0 fully saturated rings. The van der Waals surface area contributed by atoms with E-state index < -0.39 is 0 Å². The number of rotatable bonds is 7. The number of aliphatic hydroxyl groups excluding tert-OH is 1. The molecule has 4 heteroatoms. The highest BCUT2D eigenvalue weighted by Crippen LogP contribution is 2.14. The minimum Gasteiger partial charge on any atom is -0.475 e. The van der Waals surface area contributed by atoms with Gasteiger partial charge in [-0.1, -0.05) is 13.8 Å². The molecule has 1 aromatic heterocycles. The predicted octanol–water partition coefficient (Wildman–Crippen LogP) is 2.30. The van der Waals surface area contributed by atoms with Gasteiger partial charge in [0.2, 0.25) is 5.88 Å². The molecule has 0 aliphatic rings. The fourth-order valence-corrected chi connectivity index (χ4v) is 1.75. The molecule has 0 saturated carbocycles. The van der Waals surface area contributed by atoms with Crippen LogP contribution in [0, 0.1) is 5.92 Å². The summed E-state index contributed by atoms with van der Waals surface area (Å²) in [6.07, 6.45) is 2.88. The molecule has 0 radical (unpaired) electrons. The first-order valence-corrected chi connectivity index (χ1v) is 6.08. The Hall–Kier alpha value is -1.29. The van der Waals surface area contributed by atoms with E-state index in [1.165, 1.54) is 0 Å². The largest absolute Gasteiger partial charge is 0.475 e. The second-order valence-corrected chi connectivity index (χ2v) is 4.63. The second-order valence-electron chi connectivity index (χ2n) is 4.63. The monoisotopic (exact) mass is 238 g/mol. The van der Waals surface area contributed by atoms with E-state index in [4.69, 9.17) is 9.84 Å². The van der Waals surface area contributed by atoms with E-state index in [-0.39, 0.29) is 13.2 Å². The molecule has 1 unspecified atom stereocenters. The summed E-state index contributed by atoms with van der Waals surface area (Å²) in [7, 11) is 0. The molecule has 1 rings (SSSR count). The maximum Gasteiger partial charge on any atom is 0.213 e. The molecule has 4 nitrogen and oxygen atoms in total. The summed E-state index contributed by atoms with van der Waals surface area (Å²) in [5.41, 5.74) is 0.995. The van der Waals surface area contributed by atoms with Gasteiger partial charge < -0.3 is 15.2 Å². The van der Waals surface area contributed by atoms with Crippen molar-refractivity contribution in [1.29, 1.82) is 0 Å². The smallest absolute Gasteiger partial charge is 0.213 e. The Labute approximate surface area is 103 Å². The van der Waals surface area contributed by atoms with E-state index in [0.29, 0.717) is 17.8 Å². The Balaban J connectivity index is 2.44. The van der Waals surface area contributed by atoms with Crippen molar-refractivity contribution in [1.82, 2.24) is 4.98 Å². The van der Waals surface area contributed by atoms with Crippen LogP contribution in [0.5, 0.6) is 5.88 Å². The number of aromatic nitrogens is 1. The lowest BCUT2D eigenvalue weighted by molar-refractivity contribution is 0.196. The highest BCUT2D eigenvalue weighted by atomic mass is 16.5. The maximum atomic E-state index is 8.62. The first-order valence-electron chi connectivity index (χ1n) is 6.08. The summed E-state index contributed by atoms with van der Waals surface area (Å²) >= 11 is 0. The zero-order chi connectivity index (χ0) is 12.7. The molecule has 0 saturated heterocycles. The molecule has 0 amide bonds. The summed E-state index contributed by atoms with van der Waals surface area (Å²) in [4.78, 5) is 4.15. The van der Waals surface area contributed by atoms with E-state index >= 15 is 0 Å². The predicted molar refractivity (Wildman–Crippen MR) is 69.4 cm³/mol. The number of hydrogen-bond donors (Lipinski definition) is 2. The van der Waals surface area contributed by atoms with Crippen molar-refractivity contribution >= 4 is 5.69 Å². The Morgan fingerprint density at radius 1 is 1.35 bits per heavy atom. The fourth-order valence-electron chi connectivity index (χ4n) is 1.75. The van der Waals surface area contributed by atoms with Gasteiger partial charge in [-0.15, -0.1) is 0 Å². The third-order valence-corrected chi connectivity index (χ3v) is 2.32. The van der Waals surface area contributed by atoms with Crippen LogP contribution in [0.25, 0.3) is 0 Å². The lowest BCUT2D eigenvalue weighted by Gasteiger charge is -2.17. The lowest BCUT2D eigenvalue weighted by atomic mass is 10.1. The fraction of sp³-hybridized carbons (Fsp3) is 0.615. The molecule has 2 N–H and O–H groups in total. The molecule has 0 bridgehead atoms. The van der Waals surface area contributed by atoms with Gasteiger partial charge in [-0.05, 0) is 25.3 Å². The van der Waals surface area contributed by atoms with Gasteiger partial charge in [0, 0.05) is 12.1 Å². The van der Waals surface area contributed by atoms with Crippen molar-refractivity contribution in [3.8, 4) is 5.88 Å². The van der Waals surface area contributed by atoms with E-state index in [9.17, 15) is 0 Å². The number of nitrogens with zero attached hydrogens (tertiary/aromatic N) is 1. The van der Waals surface area contributed by atoms with Gasteiger partial charge in [0.25, 0.3) is 0 Å². The van der Waals surface area contributed by atoms with Gasteiger partial charge in [-0.2, -0.15) is 0 Å². The summed E-state index contributed by atoms with van der Waals surface area (Å²) in [6.45, 7) is 6.87. The number of aliphatic hydroxyl groups is 1. The minimum absolute atomic E-state index is 0.00705. The number of anilines is 1. The van der Waals surface area contributed by atoms with Crippen molar-refractivity contribution in [2.75, 3.05) is 18.5 Å². The van der Waals surface area contributed by atoms with Crippen LogP contribution in [0.15, 0.2) is 18.3 Å². The lowest BCUT2D eigenvalue weighted by Crippen LogP contribution is -2.17. The normalized spacial score (nSPS) is 12.5. The van der Waals surface area contributed by atoms with E-state index in [2.05, 4.69) is 31.1 Å². The van der Waals surface area contributed by atoms with Crippen molar-refractivity contribution in [2.45, 2.75) is 33.2 Å². The van der Waals surface area contributed by atoms with Gasteiger partial charge in [-0.3, -0.25) is 0 Å². The van der Waals surface area contributed by atoms with Crippen LogP contribution in [-0.2, 0) is 0 Å². The van der Waals surface area contributed by atoms with Gasteiger partial charge in [0.05, 0.1) is 18.5 Å². The summed E-state index contributed by atoms with van der Waals surface area (Å²) in [6, 6.07) is 4.18. The molecule has 1 aromatic rings. The second kappa shape index (κ2) is 7.12. The molecule has 0 aromatic carbocycles. The average molecular weight is 238 g/mol. The van der Waals surface area contributed by atoms with Crippen LogP contribution in [0.3, 0.4) is 0 Å². The topological polar surface area (TPSA) is 54.4 Å². The molecule has 1 atom stereocenters. The third-order valence-electron chi connectivity index (χ3n) is 2.32. The molecular formula is C13H22N2O2. The molecule has 0 aliphatic carbocycles. The summed E-state index contributed by atoms with van der Waals surface area (Å²) in [5, 5.41) is 12.0. The Bertz CT molecular complexity index is 312. The maximum absolute atomic E-state index is 8.62. The van der Waals surface area contributed by atoms with Crippen molar-refractivity contribution in [2.24, 2.45) is 5.92 Å². The Kier molecular flexibility index (Phi) is 5.77. The Morgan fingerprint density at radius 3 is 2.65 bits per heavy atom. The number of pyridine rings is 1. The van der Waals surface area contributed by atoms with Gasteiger partial charge >= 0.3 is 0 Å². The zero-order valence-corrected chi connectivity index (χ0v) is 10.8.